The van der Waals surface area contributed by atoms with Gasteiger partial charge in [-0.3, -0.25) is 4.79 Å². The first-order chi connectivity index (χ1) is 9.88. The van der Waals surface area contributed by atoms with E-state index in [4.69, 9.17) is 21.1 Å². The summed E-state index contributed by atoms with van der Waals surface area (Å²) in [6.07, 6.45) is 0. The van der Waals surface area contributed by atoms with E-state index in [9.17, 15) is 13.2 Å². The molecule has 21 heavy (non-hydrogen) atoms. The van der Waals surface area contributed by atoms with E-state index in [0.717, 1.165) is 0 Å². The van der Waals surface area contributed by atoms with Crippen LogP contribution in [-0.2, 0) is 9.84 Å². The summed E-state index contributed by atoms with van der Waals surface area (Å²) in [6.45, 7) is 0. The van der Waals surface area contributed by atoms with Crippen molar-refractivity contribution in [2.45, 2.75) is 11.4 Å². The van der Waals surface area contributed by atoms with Crippen LogP contribution < -0.4 is 14.8 Å². The molecule has 1 aliphatic heterocycles. The Kier molecular flexibility index (Phi) is 4.63. The summed E-state index contributed by atoms with van der Waals surface area (Å²) in [4.78, 5) is 12.4. The van der Waals surface area contributed by atoms with Crippen molar-refractivity contribution in [3.63, 3.8) is 0 Å². The highest BCUT2D eigenvalue weighted by Gasteiger charge is 2.38. The minimum absolute atomic E-state index is 0.136. The third kappa shape index (κ3) is 3.41. The van der Waals surface area contributed by atoms with E-state index in [-0.39, 0.29) is 17.1 Å². The highest BCUT2D eigenvalue weighted by Crippen LogP contribution is 2.28. The molecule has 2 atom stereocenters. The van der Waals surface area contributed by atoms with Crippen LogP contribution in [0.3, 0.4) is 0 Å². The first kappa shape index (κ1) is 15.9. The predicted molar refractivity (Wildman–Crippen MR) is 79.1 cm³/mol. The second-order valence-corrected chi connectivity index (χ2v) is 7.42. The van der Waals surface area contributed by atoms with Gasteiger partial charge in [0.15, 0.2) is 9.84 Å². The molecule has 1 saturated heterocycles. The molecule has 1 N–H and O–H groups in total. The number of carbonyl (C=O) groups is 1. The van der Waals surface area contributed by atoms with Crippen molar-refractivity contribution >= 4 is 27.3 Å². The lowest BCUT2D eigenvalue weighted by Crippen LogP contribution is -2.40. The Balaban J connectivity index is 2.25. The number of sulfone groups is 1. The SMILES string of the molecule is COc1cccc(OC)c1C(=O)NC1CS(=O)(=O)CC1Cl. The molecule has 2 unspecified atom stereocenters. The fourth-order valence-electron chi connectivity index (χ4n) is 2.25. The monoisotopic (exact) mass is 333 g/mol. The van der Waals surface area contributed by atoms with Gasteiger partial charge in [0.05, 0.1) is 37.1 Å². The molecule has 8 heteroatoms. The third-order valence-corrected chi connectivity index (χ3v) is 5.63. The second kappa shape index (κ2) is 6.11. The number of carbonyl (C=O) groups excluding carboxylic acids is 1. The molecule has 1 fully saturated rings. The molecule has 2 rings (SSSR count). The van der Waals surface area contributed by atoms with E-state index in [1.165, 1.54) is 14.2 Å². The van der Waals surface area contributed by atoms with Gasteiger partial charge in [0.1, 0.15) is 17.1 Å². The van der Waals surface area contributed by atoms with Crippen LogP contribution in [0.1, 0.15) is 10.4 Å². The molecule has 1 aliphatic rings. The average molecular weight is 334 g/mol. The number of alkyl halides is 1. The van der Waals surface area contributed by atoms with E-state index in [2.05, 4.69) is 5.32 Å². The first-order valence-corrected chi connectivity index (χ1v) is 8.50. The highest BCUT2D eigenvalue weighted by molar-refractivity contribution is 7.91. The molecule has 0 spiro atoms. The number of ether oxygens (including phenoxy) is 2. The zero-order chi connectivity index (χ0) is 15.6. The average Bonchev–Trinajstić information content (AvgIpc) is 2.70. The van der Waals surface area contributed by atoms with Crippen LogP contribution >= 0.6 is 11.6 Å². The molecule has 0 bridgehead atoms. The number of benzene rings is 1. The fraction of sp³-hybridized carbons (Fsp3) is 0.462. The van der Waals surface area contributed by atoms with Gasteiger partial charge in [0.2, 0.25) is 0 Å². The number of hydrogen-bond donors (Lipinski definition) is 1. The molecular formula is C13H16ClNO5S. The van der Waals surface area contributed by atoms with Crippen LogP contribution in [0.25, 0.3) is 0 Å². The zero-order valence-electron chi connectivity index (χ0n) is 11.6. The minimum Gasteiger partial charge on any atom is -0.496 e. The van der Waals surface area contributed by atoms with Crippen molar-refractivity contribution in [3.8, 4) is 11.5 Å². The van der Waals surface area contributed by atoms with E-state index >= 15 is 0 Å². The predicted octanol–water partition coefficient (Wildman–Crippen LogP) is 0.838. The van der Waals surface area contributed by atoms with Crippen molar-refractivity contribution in [2.75, 3.05) is 25.7 Å². The maximum Gasteiger partial charge on any atom is 0.259 e. The molecule has 0 aliphatic carbocycles. The van der Waals surface area contributed by atoms with Crippen LogP contribution in [0.2, 0.25) is 0 Å². The van der Waals surface area contributed by atoms with E-state index in [0.29, 0.717) is 11.5 Å². The lowest BCUT2D eigenvalue weighted by Gasteiger charge is -2.17. The topological polar surface area (TPSA) is 81.7 Å². The van der Waals surface area contributed by atoms with Crippen molar-refractivity contribution in [1.82, 2.24) is 5.32 Å². The van der Waals surface area contributed by atoms with Gasteiger partial charge in [0, 0.05) is 0 Å². The van der Waals surface area contributed by atoms with Crippen molar-refractivity contribution < 1.29 is 22.7 Å². The van der Waals surface area contributed by atoms with E-state index in [1.807, 2.05) is 0 Å². The summed E-state index contributed by atoms with van der Waals surface area (Å²) in [5.74, 6) is -0.0814. The largest absolute Gasteiger partial charge is 0.496 e. The van der Waals surface area contributed by atoms with Gasteiger partial charge in [-0.2, -0.15) is 0 Å². The number of nitrogens with one attached hydrogen (secondary N) is 1. The summed E-state index contributed by atoms with van der Waals surface area (Å²) < 4.78 is 33.4. The third-order valence-electron chi connectivity index (χ3n) is 3.25. The Morgan fingerprint density at radius 2 is 1.81 bits per heavy atom. The fourth-order valence-corrected chi connectivity index (χ4v) is 4.80. The van der Waals surface area contributed by atoms with Gasteiger partial charge < -0.3 is 14.8 Å². The molecule has 0 radical (unpaired) electrons. The molecule has 1 aromatic rings. The summed E-state index contributed by atoms with van der Waals surface area (Å²) in [5.41, 5.74) is 0.218. The van der Waals surface area contributed by atoms with Crippen LogP contribution in [0.4, 0.5) is 0 Å². The number of methoxy groups -OCH3 is 2. The van der Waals surface area contributed by atoms with E-state index in [1.54, 1.807) is 18.2 Å². The molecule has 116 valence electrons. The maximum absolute atomic E-state index is 12.4. The van der Waals surface area contributed by atoms with Gasteiger partial charge in [-0.1, -0.05) is 6.07 Å². The first-order valence-electron chi connectivity index (χ1n) is 6.24. The zero-order valence-corrected chi connectivity index (χ0v) is 13.2. The van der Waals surface area contributed by atoms with Gasteiger partial charge in [-0.05, 0) is 12.1 Å². The minimum atomic E-state index is -3.21. The molecule has 1 amide bonds. The molecular weight excluding hydrogens is 318 g/mol. The van der Waals surface area contributed by atoms with E-state index < -0.39 is 27.2 Å². The summed E-state index contributed by atoms with van der Waals surface area (Å²) in [5, 5.41) is 2.00. The van der Waals surface area contributed by atoms with Crippen LogP contribution in [0.5, 0.6) is 11.5 Å². The number of hydrogen-bond acceptors (Lipinski definition) is 5. The number of rotatable bonds is 4. The Bertz CT molecular complexity index is 624. The maximum atomic E-state index is 12.4. The summed E-state index contributed by atoms with van der Waals surface area (Å²) in [7, 11) is -0.332. The normalized spacial score (nSPS) is 23.6. The van der Waals surface area contributed by atoms with Gasteiger partial charge in [-0.25, -0.2) is 8.42 Å². The quantitative estimate of drug-likeness (QED) is 0.826. The molecule has 0 aromatic heterocycles. The smallest absolute Gasteiger partial charge is 0.259 e. The van der Waals surface area contributed by atoms with Crippen molar-refractivity contribution in [3.05, 3.63) is 23.8 Å². The van der Waals surface area contributed by atoms with Crippen molar-refractivity contribution in [1.29, 1.82) is 0 Å². The number of halogens is 1. The van der Waals surface area contributed by atoms with Crippen LogP contribution in [0.15, 0.2) is 18.2 Å². The Morgan fingerprint density at radius 1 is 1.24 bits per heavy atom. The van der Waals surface area contributed by atoms with Gasteiger partial charge in [0.25, 0.3) is 5.91 Å². The lowest BCUT2D eigenvalue weighted by atomic mass is 10.1. The molecule has 6 nitrogen and oxygen atoms in total. The molecule has 0 saturated carbocycles. The summed E-state index contributed by atoms with van der Waals surface area (Å²) >= 11 is 5.99. The van der Waals surface area contributed by atoms with Crippen molar-refractivity contribution in [2.24, 2.45) is 0 Å². The lowest BCUT2D eigenvalue weighted by molar-refractivity contribution is 0.0935. The Morgan fingerprint density at radius 3 is 2.24 bits per heavy atom. The van der Waals surface area contributed by atoms with Gasteiger partial charge in [-0.15, -0.1) is 11.6 Å². The standard InChI is InChI=1S/C13H16ClNO5S/c1-19-10-4-3-5-11(20-2)12(10)13(16)15-9-7-21(17,18)6-8(9)14/h3-5,8-9H,6-7H2,1-2H3,(H,15,16). The summed E-state index contributed by atoms with van der Waals surface area (Å²) in [6, 6.07) is 4.32. The second-order valence-electron chi connectivity index (χ2n) is 4.71. The van der Waals surface area contributed by atoms with Crippen LogP contribution in [0, 0.1) is 0 Å². The Labute approximate surface area is 128 Å². The molecule has 1 heterocycles. The van der Waals surface area contributed by atoms with Gasteiger partial charge >= 0.3 is 0 Å². The highest BCUT2D eigenvalue weighted by atomic mass is 35.5. The molecule has 1 aromatic carbocycles. The Hall–Kier alpha value is -1.47. The van der Waals surface area contributed by atoms with Crippen LogP contribution in [-0.4, -0.2) is 51.5 Å². The number of amides is 1.